The van der Waals surface area contributed by atoms with Crippen molar-refractivity contribution in [2.75, 3.05) is 57.4 Å². The number of hydrogen-bond donors (Lipinski definition) is 0. The van der Waals surface area contributed by atoms with Gasteiger partial charge in [0.2, 0.25) is 0 Å². The van der Waals surface area contributed by atoms with Gasteiger partial charge in [0, 0.05) is 51.5 Å². The summed E-state index contributed by atoms with van der Waals surface area (Å²) in [6.07, 6.45) is 1.98. The molecule has 2 fully saturated rings. The van der Waals surface area contributed by atoms with E-state index >= 15 is 0 Å². The number of hydrogen-bond acceptors (Lipinski definition) is 4. The molecule has 1 radical (unpaired) electrons. The molecule has 1 amide bonds. The third-order valence-corrected chi connectivity index (χ3v) is 4.60. The molecule has 119 valence electrons. The van der Waals surface area contributed by atoms with Crippen LogP contribution in [0.2, 0.25) is 0 Å². The fourth-order valence-corrected chi connectivity index (χ4v) is 3.11. The highest BCUT2D eigenvalue weighted by Crippen LogP contribution is 2.21. The van der Waals surface area contributed by atoms with E-state index in [1.807, 2.05) is 6.41 Å². The summed E-state index contributed by atoms with van der Waals surface area (Å²) in [5.74, 6) is 0. The van der Waals surface area contributed by atoms with E-state index in [0.717, 1.165) is 59.0 Å². The van der Waals surface area contributed by atoms with Gasteiger partial charge in [-0.3, -0.25) is 9.69 Å². The van der Waals surface area contributed by atoms with Crippen molar-refractivity contribution in [1.82, 2.24) is 9.80 Å². The van der Waals surface area contributed by atoms with E-state index < -0.39 is 0 Å². The van der Waals surface area contributed by atoms with Gasteiger partial charge in [-0.1, -0.05) is 6.07 Å². The SMILES string of the molecule is Cc1cc(N2CCOCC2)ccc1CN1CCN([C]=O)CC1. The quantitative estimate of drug-likeness (QED) is 0.832. The van der Waals surface area contributed by atoms with Gasteiger partial charge in [0.15, 0.2) is 0 Å². The van der Waals surface area contributed by atoms with Crippen LogP contribution in [-0.4, -0.2) is 68.7 Å². The Hall–Kier alpha value is -1.59. The average molecular weight is 302 g/mol. The third kappa shape index (κ3) is 3.59. The minimum atomic E-state index is 0.786. The Kier molecular flexibility index (Phi) is 4.95. The molecule has 3 rings (SSSR count). The van der Waals surface area contributed by atoms with Gasteiger partial charge in [-0.15, -0.1) is 0 Å². The molecule has 0 saturated carbocycles. The minimum absolute atomic E-state index is 0.786. The molecule has 22 heavy (non-hydrogen) atoms. The van der Waals surface area contributed by atoms with Crippen molar-refractivity contribution in [3.8, 4) is 0 Å². The van der Waals surface area contributed by atoms with E-state index in [1.54, 1.807) is 4.90 Å². The van der Waals surface area contributed by atoms with Crippen molar-refractivity contribution in [3.63, 3.8) is 0 Å². The summed E-state index contributed by atoms with van der Waals surface area (Å²) < 4.78 is 5.41. The highest BCUT2D eigenvalue weighted by atomic mass is 16.5. The van der Waals surface area contributed by atoms with Crippen LogP contribution in [-0.2, 0) is 16.1 Å². The van der Waals surface area contributed by atoms with Crippen LogP contribution in [0.5, 0.6) is 0 Å². The maximum absolute atomic E-state index is 10.6. The van der Waals surface area contributed by atoms with Crippen LogP contribution in [0.15, 0.2) is 18.2 Å². The molecular formula is C17H24N3O2. The molecular weight excluding hydrogens is 278 g/mol. The van der Waals surface area contributed by atoms with Crippen LogP contribution in [0.3, 0.4) is 0 Å². The van der Waals surface area contributed by atoms with Gasteiger partial charge < -0.3 is 14.5 Å². The van der Waals surface area contributed by atoms with Crippen LogP contribution < -0.4 is 4.90 Å². The number of aryl methyl sites for hydroxylation is 1. The first-order valence-electron chi connectivity index (χ1n) is 8.03. The van der Waals surface area contributed by atoms with Crippen molar-refractivity contribution < 1.29 is 9.53 Å². The zero-order chi connectivity index (χ0) is 15.4. The Labute approximate surface area is 132 Å². The number of carbonyl (C=O) groups excluding carboxylic acids is 1. The maximum atomic E-state index is 10.6. The molecule has 2 heterocycles. The topological polar surface area (TPSA) is 36.0 Å². The zero-order valence-corrected chi connectivity index (χ0v) is 13.3. The van der Waals surface area contributed by atoms with Crippen molar-refractivity contribution in [2.24, 2.45) is 0 Å². The molecule has 0 spiro atoms. The Balaban J connectivity index is 1.61. The lowest BCUT2D eigenvalue weighted by molar-refractivity contribution is 0.122. The number of rotatable bonds is 4. The molecule has 2 aliphatic heterocycles. The summed E-state index contributed by atoms with van der Waals surface area (Å²) in [5, 5.41) is 0. The van der Waals surface area contributed by atoms with Crippen LogP contribution in [0.4, 0.5) is 5.69 Å². The lowest BCUT2D eigenvalue weighted by atomic mass is 10.1. The van der Waals surface area contributed by atoms with E-state index in [2.05, 4.69) is 34.9 Å². The third-order valence-electron chi connectivity index (χ3n) is 4.60. The van der Waals surface area contributed by atoms with E-state index in [0.29, 0.717) is 0 Å². The highest BCUT2D eigenvalue weighted by Gasteiger charge is 2.17. The Morgan fingerprint density at radius 1 is 1.09 bits per heavy atom. The number of ether oxygens (including phenoxy) is 1. The number of piperazine rings is 1. The molecule has 1 aromatic carbocycles. The zero-order valence-electron chi connectivity index (χ0n) is 13.3. The normalized spacial score (nSPS) is 20.2. The fraction of sp³-hybridized carbons (Fsp3) is 0.588. The summed E-state index contributed by atoms with van der Waals surface area (Å²) in [4.78, 5) is 17.2. The van der Waals surface area contributed by atoms with Crippen LogP contribution in [0.1, 0.15) is 11.1 Å². The first kappa shape index (κ1) is 15.3. The molecule has 0 N–H and O–H groups in total. The summed E-state index contributed by atoms with van der Waals surface area (Å²) in [5.41, 5.74) is 4.01. The van der Waals surface area contributed by atoms with Gasteiger partial charge in [-0.05, 0) is 30.2 Å². The first-order valence-corrected chi connectivity index (χ1v) is 8.03. The van der Waals surface area contributed by atoms with Gasteiger partial charge in [0.05, 0.1) is 13.2 Å². The second kappa shape index (κ2) is 7.11. The second-order valence-electron chi connectivity index (χ2n) is 6.06. The molecule has 0 aliphatic carbocycles. The van der Waals surface area contributed by atoms with Crippen molar-refractivity contribution >= 4 is 12.1 Å². The standard InChI is InChI=1S/C17H24N3O2/c1-15-12-17(20-8-10-22-11-9-20)3-2-16(15)13-18-4-6-19(14-21)7-5-18/h2-3,12H,4-11,13H2,1H3. The first-order chi connectivity index (χ1) is 10.8. The Morgan fingerprint density at radius 3 is 2.45 bits per heavy atom. The Bertz CT molecular complexity index is 507. The van der Waals surface area contributed by atoms with Gasteiger partial charge in [-0.2, -0.15) is 0 Å². The summed E-state index contributed by atoms with van der Waals surface area (Å²) >= 11 is 0. The van der Waals surface area contributed by atoms with E-state index in [-0.39, 0.29) is 0 Å². The predicted molar refractivity (Wildman–Crippen MR) is 86.8 cm³/mol. The molecule has 5 heteroatoms. The molecule has 2 saturated heterocycles. The number of morpholine rings is 1. The number of amides is 1. The van der Waals surface area contributed by atoms with Crippen molar-refractivity contribution in [1.29, 1.82) is 0 Å². The summed E-state index contributed by atoms with van der Waals surface area (Å²) in [6.45, 7) is 10.2. The molecule has 0 atom stereocenters. The molecule has 0 unspecified atom stereocenters. The molecule has 0 aromatic heterocycles. The minimum Gasteiger partial charge on any atom is -0.378 e. The van der Waals surface area contributed by atoms with E-state index in [1.165, 1.54) is 16.8 Å². The van der Waals surface area contributed by atoms with Crippen LogP contribution in [0, 0.1) is 6.92 Å². The largest absolute Gasteiger partial charge is 0.378 e. The van der Waals surface area contributed by atoms with Gasteiger partial charge in [-0.25, -0.2) is 0 Å². The van der Waals surface area contributed by atoms with Gasteiger partial charge >= 0.3 is 6.41 Å². The summed E-state index contributed by atoms with van der Waals surface area (Å²) in [7, 11) is 0. The smallest absolute Gasteiger partial charge is 0.312 e. The number of benzene rings is 1. The lowest BCUT2D eigenvalue weighted by Crippen LogP contribution is -2.45. The monoisotopic (exact) mass is 302 g/mol. The molecule has 2 aliphatic rings. The Morgan fingerprint density at radius 2 is 1.82 bits per heavy atom. The van der Waals surface area contributed by atoms with E-state index in [4.69, 9.17) is 4.74 Å². The molecule has 1 aromatic rings. The van der Waals surface area contributed by atoms with Crippen molar-refractivity contribution in [2.45, 2.75) is 13.5 Å². The molecule has 5 nitrogen and oxygen atoms in total. The fourth-order valence-electron chi connectivity index (χ4n) is 3.11. The van der Waals surface area contributed by atoms with Gasteiger partial charge in [0.1, 0.15) is 0 Å². The van der Waals surface area contributed by atoms with E-state index in [9.17, 15) is 4.79 Å². The average Bonchev–Trinajstić information content (AvgIpc) is 2.58. The van der Waals surface area contributed by atoms with Crippen molar-refractivity contribution in [3.05, 3.63) is 29.3 Å². The van der Waals surface area contributed by atoms with Crippen LogP contribution >= 0.6 is 0 Å². The molecule has 0 bridgehead atoms. The van der Waals surface area contributed by atoms with Crippen LogP contribution in [0.25, 0.3) is 0 Å². The second-order valence-corrected chi connectivity index (χ2v) is 6.06. The number of nitrogens with zero attached hydrogens (tertiary/aromatic N) is 3. The lowest BCUT2D eigenvalue weighted by Gasteiger charge is -2.33. The number of anilines is 1. The predicted octanol–water partition coefficient (Wildman–Crippen LogP) is 1.02. The maximum Gasteiger partial charge on any atom is 0.312 e. The highest BCUT2D eigenvalue weighted by molar-refractivity contribution is 5.51. The van der Waals surface area contributed by atoms with Gasteiger partial charge in [0.25, 0.3) is 0 Å². The summed E-state index contributed by atoms with van der Waals surface area (Å²) in [6, 6.07) is 6.76.